The summed E-state index contributed by atoms with van der Waals surface area (Å²) in [6.07, 6.45) is 2.03. The minimum absolute atomic E-state index is 0.228. The first-order valence-electron chi connectivity index (χ1n) is 5.49. The zero-order valence-electron chi connectivity index (χ0n) is 9.25. The third-order valence-electron chi connectivity index (χ3n) is 2.75. The van der Waals surface area contributed by atoms with Crippen LogP contribution in [0.1, 0.15) is 30.9 Å². The van der Waals surface area contributed by atoms with Gasteiger partial charge in [-0.3, -0.25) is 4.79 Å². The van der Waals surface area contributed by atoms with Gasteiger partial charge in [0.15, 0.2) is 11.9 Å². The van der Waals surface area contributed by atoms with E-state index >= 15 is 0 Å². The zero-order chi connectivity index (χ0) is 10.8. The van der Waals surface area contributed by atoms with E-state index in [2.05, 4.69) is 12.1 Å². The predicted molar refractivity (Wildman–Crippen MR) is 59.2 cm³/mol. The summed E-state index contributed by atoms with van der Waals surface area (Å²) in [7, 11) is 0. The topological polar surface area (TPSA) is 26.3 Å². The molecule has 2 nitrogen and oxygen atoms in total. The van der Waals surface area contributed by atoms with Crippen molar-refractivity contribution in [1.82, 2.24) is 0 Å². The Labute approximate surface area is 90.3 Å². The molecule has 0 saturated heterocycles. The maximum atomic E-state index is 11.7. The van der Waals surface area contributed by atoms with Gasteiger partial charge >= 0.3 is 0 Å². The molecule has 0 aromatic heterocycles. The van der Waals surface area contributed by atoms with E-state index in [-0.39, 0.29) is 11.9 Å². The molecule has 1 aliphatic heterocycles. The Kier molecular flexibility index (Phi) is 2.76. The second kappa shape index (κ2) is 4.05. The summed E-state index contributed by atoms with van der Waals surface area (Å²) in [5, 5.41) is 0. The molecular weight excluding hydrogens is 188 g/mol. The number of ether oxygens (including phenoxy) is 1. The summed E-state index contributed by atoms with van der Waals surface area (Å²) in [6, 6.07) is 6.13. The molecule has 1 heterocycles. The van der Waals surface area contributed by atoms with Crippen molar-refractivity contribution in [3.63, 3.8) is 0 Å². The average molecular weight is 204 g/mol. The van der Waals surface area contributed by atoms with E-state index in [0.717, 1.165) is 24.2 Å². The van der Waals surface area contributed by atoms with Crippen LogP contribution in [0.5, 0.6) is 5.75 Å². The molecule has 2 rings (SSSR count). The molecule has 1 aliphatic rings. The van der Waals surface area contributed by atoms with Crippen LogP contribution in [0.25, 0.3) is 0 Å². The summed E-state index contributed by atoms with van der Waals surface area (Å²) in [5.41, 5.74) is 2.34. The summed E-state index contributed by atoms with van der Waals surface area (Å²) in [6.45, 7) is 4.05. The molecule has 1 unspecified atom stereocenters. The molecule has 80 valence electrons. The maximum Gasteiger partial charge on any atom is 0.173 e. The average Bonchev–Trinajstić information content (AvgIpc) is 2.60. The normalized spacial score (nSPS) is 18.4. The quantitative estimate of drug-likeness (QED) is 0.756. The van der Waals surface area contributed by atoms with E-state index < -0.39 is 0 Å². The Morgan fingerprint density at radius 2 is 2.33 bits per heavy atom. The number of ketones is 1. The Morgan fingerprint density at radius 1 is 1.53 bits per heavy atom. The Balaban J connectivity index is 2.12. The molecule has 1 aromatic carbocycles. The molecule has 0 amide bonds. The van der Waals surface area contributed by atoms with Crippen molar-refractivity contribution >= 4 is 5.78 Å². The first kappa shape index (κ1) is 10.2. The van der Waals surface area contributed by atoms with E-state index in [1.807, 2.05) is 19.9 Å². The van der Waals surface area contributed by atoms with Crippen LogP contribution in [0.2, 0.25) is 0 Å². The van der Waals surface area contributed by atoms with Gasteiger partial charge in [-0.25, -0.2) is 0 Å². The van der Waals surface area contributed by atoms with Gasteiger partial charge in [-0.05, 0) is 30.5 Å². The van der Waals surface area contributed by atoms with Crippen molar-refractivity contribution in [2.45, 2.75) is 39.2 Å². The smallest absolute Gasteiger partial charge is 0.173 e. The van der Waals surface area contributed by atoms with E-state index in [4.69, 9.17) is 4.74 Å². The number of Topliss-reactive ketones (excluding diaryl/α,β-unsaturated/α-hetero) is 1. The molecule has 1 atom stereocenters. The fourth-order valence-corrected chi connectivity index (χ4v) is 1.92. The number of carbonyl (C=O) groups is 1. The second-order valence-electron chi connectivity index (χ2n) is 4.14. The maximum absolute atomic E-state index is 11.7. The van der Waals surface area contributed by atoms with Crippen LogP contribution in [-0.4, -0.2) is 11.9 Å². The van der Waals surface area contributed by atoms with Crippen LogP contribution in [0, 0.1) is 6.92 Å². The van der Waals surface area contributed by atoms with Gasteiger partial charge in [-0.2, -0.15) is 0 Å². The molecule has 0 spiro atoms. The molecule has 0 fully saturated rings. The highest BCUT2D eigenvalue weighted by Crippen LogP contribution is 2.30. The molecule has 15 heavy (non-hydrogen) atoms. The molecule has 0 N–H and O–H groups in total. The lowest BCUT2D eigenvalue weighted by Gasteiger charge is -2.08. The van der Waals surface area contributed by atoms with E-state index in [0.29, 0.717) is 6.42 Å². The first-order valence-corrected chi connectivity index (χ1v) is 5.49. The van der Waals surface area contributed by atoms with Gasteiger partial charge in [0.1, 0.15) is 5.75 Å². The molecule has 0 saturated carbocycles. The Bertz CT molecular complexity index is 382. The van der Waals surface area contributed by atoms with E-state index in [1.54, 1.807) is 0 Å². The third-order valence-corrected chi connectivity index (χ3v) is 2.75. The van der Waals surface area contributed by atoms with Crippen molar-refractivity contribution in [3.8, 4) is 5.75 Å². The van der Waals surface area contributed by atoms with E-state index in [1.165, 1.54) is 5.56 Å². The lowest BCUT2D eigenvalue weighted by molar-refractivity contribution is -0.125. The number of hydrogen-bond acceptors (Lipinski definition) is 2. The molecule has 0 aliphatic carbocycles. The van der Waals surface area contributed by atoms with Gasteiger partial charge in [0.25, 0.3) is 0 Å². The second-order valence-corrected chi connectivity index (χ2v) is 4.14. The number of rotatable bonds is 3. The van der Waals surface area contributed by atoms with Gasteiger partial charge in [0.05, 0.1) is 0 Å². The van der Waals surface area contributed by atoms with Crippen LogP contribution < -0.4 is 4.74 Å². The lowest BCUT2D eigenvalue weighted by atomic mass is 10.0. The predicted octanol–water partition coefficient (Wildman–Crippen LogP) is 2.67. The number of hydrogen-bond donors (Lipinski definition) is 0. The molecule has 0 bridgehead atoms. The molecule has 0 radical (unpaired) electrons. The van der Waals surface area contributed by atoms with Crippen molar-refractivity contribution in [2.75, 3.05) is 0 Å². The highest BCUT2D eigenvalue weighted by molar-refractivity contribution is 5.84. The van der Waals surface area contributed by atoms with Gasteiger partial charge in [0, 0.05) is 12.8 Å². The lowest BCUT2D eigenvalue weighted by Crippen LogP contribution is -2.24. The third kappa shape index (κ3) is 2.04. The van der Waals surface area contributed by atoms with Gasteiger partial charge < -0.3 is 4.74 Å². The standard InChI is InChI=1S/C13H16O2/c1-3-4-11(14)13-8-10-6-5-9(2)7-12(10)15-13/h5-7,13H,3-4,8H2,1-2H3. The minimum atomic E-state index is -0.234. The van der Waals surface area contributed by atoms with Crippen LogP contribution in [0.15, 0.2) is 18.2 Å². The number of benzene rings is 1. The van der Waals surface area contributed by atoms with Crippen LogP contribution in [0.4, 0.5) is 0 Å². The highest BCUT2D eigenvalue weighted by Gasteiger charge is 2.27. The molecule has 1 aromatic rings. The molecule has 2 heteroatoms. The highest BCUT2D eigenvalue weighted by atomic mass is 16.5. The van der Waals surface area contributed by atoms with Crippen molar-refractivity contribution in [1.29, 1.82) is 0 Å². The first-order chi connectivity index (χ1) is 7.20. The number of aryl methyl sites for hydroxylation is 1. The fourth-order valence-electron chi connectivity index (χ4n) is 1.92. The van der Waals surface area contributed by atoms with Gasteiger partial charge in [-0.1, -0.05) is 19.1 Å². The summed E-state index contributed by atoms with van der Waals surface area (Å²) >= 11 is 0. The summed E-state index contributed by atoms with van der Waals surface area (Å²) < 4.78 is 5.65. The fraction of sp³-hybridized carbons (Fsp3) is 0.462. The number of fused-ring (bicyclic) bond motifs is 1. The van der Waals surface area contributed by atoms with Crippen molar-refractivity contribution in [2.24, 2.45) is 0 Å². The van der Waals surface area contributed by atoms with Crippen molar-refractivity contribution in [3.05, 3.63) is 29.3 Å². The summed E-state index contributed by atoms with van der Waals surface area (Å²) in [5.74, 6) is 1.12. The molecular formula is C13H16O2. The van der Waals surface area contributed by atoms with Crippen LogP contribution in [0.3, 0.4) is 0 Å². The Hall–Kier alpha value is -1.31. The Morgan fingerprint density at radius 3 is 3.07 bits per heavy atom. The largest absolute Gasteiger partial charge is 0.482 e. The zero-order valence-corrected chi connectivity index (χ0v) is 9.25. The SMILES string of the molecule is CCCC(=O)C1Cc2ccc(C)cc2O1. The van der Waals surface area contributed by atoms with Crippen LogP contribution in [-0.2, 0) is 11.2 Å². The number of carbonyl (C=O) groups excluding carboxylic acids is 1. The summed E-state index contributed by atoms with van der Waals surface area (Å²) in [4.78, 5) is 11.7. The van der Waals surface area contributed by atoms with Crippen molar-refractivity contribution < 1.29 is 9.53 Å². The van der Waals surface area contributed by atoms with Gasteiger partial charge in [0.2, 0.25) is 0 Å². The van der Waals surface area contributed by atoms with Crippen LogP contribution >= 0.6 is 0 Å². The minimum Gasteiger partial charge on any atom is -0.482 e. The monoisotopic (exact) mass is 204 g/mol. The van der Waals surface area contributed by atoms with E-state index in [9.17, 15) is 4.79 Å². The van der Waals surface area contributed by atoms with Gasteiger partial charge in [-0.15, -0.1) is 0 Å².